The van der Waals surface area contributed by atoms with Crippen LogP contribution in [0.4, 0.5) is 15.8 Å². The number of anilines is 2. The Morgan fingerprint density at radius 1 is 1.23 bits per heavy atom. The van der Waals surface area contributed by atoms with Crippen molar-refractivity contribution >= 4 is 27.3 Å². The summed E-state index contributed by atoms with van der Waals surface area (Å²) in [5.41, 5.74) is 2.36. The molecule has 0 bridgehead atoms. The summed E-state index contributed by atoms with van der Waals surface area (Å²) in [5, 5.41) is 2.83. The van der Waals surface area contributed by atoms with E-state index in [0.29, 0.717) is 28.9 Å². The Balaban J connectivity index is 1.66. The van der Waals surface area contributed by atoms with Gasteiger partial charge in [0.2, 0.25) is 15.9 Å². The van der Waals surface area contributed by atoms with E-state index in [1.54, 1.807) is 50.2 Å². The van der Waals surface area contributed by atoms with Crippen molar-refractivity contribution in [3.8, 4) is 0 Å². The van der Waals surface area contributed by atoms with Crippen LogP contribution in [0.5, 0.6) is 0 Å². The van der Waals surface area contributed by atoms with Crippen LogP contribution in [0.3, 0.4) is 0 Å². The molecule has 1 aliphatic rings. The fraction of sp³-hybridized carbons (Fsp3) is 0.316. The topological polar surface area (TPSA) is 75.3 Å². The number of hydrogen-bond donors (Lipinski definition) is 2. The third-order valence-corrected chi connectivity index (χ3v) is 5.86. The molecule has 7 heteroatoms. The van der Waals surface area contributed by atoms with Crippen LogP contribution in [0.15, 0.2) is 42.5 Å². The zero-order valence-corrected chi connectivity index (χ0v) is 15.4. The molecule has 3 rings (SSSR count). The van der Waals surface area contributed by atoms with Gasteiger partial charge >= 0.3 is 0 Å². The fourth-order valence-corrected chi connectivity index (χ4v) is 3.64. The summed E-state index contributed by atoms with van der Waals surface area (Å²) in [4.78, 5) is 12.4. The highest BCUT2D eigenvalue weighted by molar-refractivity contribution is 7.92. The molecular weight excluding hydrogens is 355 g/mol. The number of nitrogens with one attached hydrogen (secondary N) is 2. The van der Waals surface area contributed by atoms with Crippen LogP contribution in [-0.4, -0.2) is 20.1 Å². The van der Waals surface area contributed by atoms with Gasteiger partial charge < -0.3 is 5.32 Å². The molecule has 0 heterocycles. The summed E-state index contributed by atoms with van der Waals surface area (Å²) in [6.07, 6.45) is 0.625. The number of carbonyl (C=O) groups excluding carboxylic acids is 1. The smallest absolute Gasteiger partial charge is 0.232 e. The average Bonchev–Trinajstić information content (AvgIpc) is 3.38. The van der Waals surface area contributed by atoms with Crippen molar-refractivity contribution in [2.45, 2.75) is 26.2 Å². The van der Waals surface area contributed by atoms with Gasteiger partial charge in [0, 0.05) is 11.6 Å². The molecule has 1 aliphatic carbocycles. The van der Waals surface area contributed by atoms with Crippen molar-refractivity contribution in [2.24, 2.45) is 5.92 Å². The number of benzene rings is 2. The maximum absolute atomic E-state index is 13.8. The van der Waals surface area contributed by atoms with E-state index in [9.17, 15) is 17.6 Å². The van der Waals surface area contributed by atoms with E-state index in [-0.39, 0.29) is 29.3 Å². The number of carbonyl (C=O) groups is 1. The lowest BCUT2D eigenvalue weighted by atomic mass is 10.1. The first-order valence-corrected chi connectivity index (χ1v) is 10.1. The predicted molar refractivity (Wildman–Crippen MR) is 100 cm³/mol. The molecule has 138 valence electrons. The van der Waals surface area contributed by atoms with Crippen LogP contribution in [0.25, 0.3) is 0 Å². The largest absolute Gasteiger partial charge is 0.326 e. The van der Waals surface area contributed by atoms with Gasteiger partial charge in [0.05, 0.1) is 11.4 Å². The number of aryl methyl sites for hydroxylation is 1. The Labute approximate surface area is 152 Å². The second-order valence-corrected chi connectivity index (χ2v) is 8.51. The minimum Gasteiger partial charge on any atom is -0.326 e. The quantitative estimate of drug-likeness (QED) is 0.808. The van der Waals surface area contributed by atoms with E-state index >= 15 is 0 Å². The van der Waals surface area contributed by atoms with E-state index in [1.165, 1.54) is 6.07 Å². The first-order chi connectivity index (χ1) is 12.3. The highest BCUT2D eigenvalue weighted by Crippen LogP contribution is 2.48. The maximum Gasteiger partial charge on any atom is 0.232 e. The van der Waals surface area contributed by atoms with Crippen LogP contribution < -0.4 is 10.0 Å². The summed E-state index contributed by atoms with van der Waals surface area (Å²) >= 11 is 0. The van der Waals surface area contributed by atoms with E-state index in [4.69, 9.17) is 0 Å². The van der Waals surface area contributed by atoms with Crippen molar-refractivity contribution in [1.82, 2.24) is 0 Å². The van der Waals surface area contributed by atoms with Gasteiger partial charge in [-0.25, -0.2) is 12.8 Å². The van der Waals surface area contributed by atoms with Gasteiger partial charge in [-0.2, -0.15) is 0 Å². The number of sulfonamides is 1. The number of halogens is 1. The van der Waals surface area contributed by atoms with Crippen LogP contribution in [0.1, 0.15) is 30.4 Å². The van der Waals surface area contributed by atoms with Crippen LogP contribution in [-0.2, 0) is 14.8 Å². The van der Waals surface area contributed by atoms with E-state index in [1.807, 2.05) is 0 Å². The second kappa shape index (κ2) is 7.07. The molecule has 2 aromatic rings. The van der Waals surface area contributed by atoms with Gasteiger partial charge in [-0.05, 0) is 61.6 Å². The Morgan fingerprint density at radius 2 is 1.96 bits per heavy atom. The molecule has 0 spiro atoms. The van der Waals surface area contributed by atoms with E-state index < -0.39 is 10.0 Å². The Morgan fingerprint density at radius 3 is 2.62 bits per heavy atom. The van der Waals surface area contributed by atoms with Crippen LogP contribution >= 0.6 is 0 Å². The summed E-state index contributed by atoms with van der Waals surface area (Å²) in [6.45, 7) is 3.33. The Bertz CT molecular complexity index is 944. The third-order valence-electron chi connectivity index (χ3n) is 4.57. The second-order valence-electron chi connectivity index (χ2n) is 6.49. The lowest BCUT2D eigenvalue weighted by Crippen LogP contribution is -2.16. The van der Waals surface area contributed by atoms with Gasteiger partial charge in [-0.3, -0.25) is 9.52 Å². The normalized spacial score (nSPS) is 19.0. The molecule has 2 atom stereocenters. The van der Waals surface area contributed by atoms with Crippen LogP contribution in [0.2, 0.25) is 0 Å². The van der Waals surface area contributed by atoms with Gasteiger partial charge in [-0.1, -0.05) is 18.2 Å². The molecule has 26 heavy (non-hydrogen) atoms. The zero-order chi connectivity index (χ0) is 18.9. The molecule has 0 aliphatic heterocycles. The first-order valence-electron chi connectivity index (χ1n) is 8.47. The van der Waals surface area contributed by atoms with Gasteiger partial charge in [0.15, 0.2) is 0 Å². The molecule has 5 nitrogen and oxygen atoms in total. The van der Waals surface area contributed by atoms with Crippen molar-refractivity contribution in [3.63, 3.8) is 0 Å². The summed E-state index contributed by atoms with van der Waals surface area (Å²) in [6, 6.07) is 11.5. The standard InChI is InChI=1S/C19H21FN2O3S/c1-3-26(24,25)22-18-9-8-13(10-12(18)2)21-19(23)16-11-15(16)14-6-4-5-7-17(14)20/h4-10,15-16,22H,3,11H2,1-2H3,(H,21,23). The molecule has 2 aromatic carbocycles. The zero-order valence-electron chi connectivity index (χ0n) is 14.6. The summed E-state index contributed by atoms with van der Waals surface area (Å²) < 4.78 is 39.7. The fourth-order valence-electron chi connectivity index (χ4n) is 2.93. The first kappa shape index (κ1) is 18.4. The highest BCUT2D eigenvalue weighted by atomic mass is 32.2. The lowest BCUT2D eigenvalue weighted by molar-refractivity contribution is -0.117. The summed E-state index contributed by atoms with van der Waals surface area (Å²) in [5.74, 6) is -0.779. The molecule has 2 unspecified atom stereocenters. The van der Waals surface area contributed by atoms with Crippen molar-refractivity contribution in [1.29, 1.82) is 0 Å². The van der Waals surface area contributed by atoms with Crippen molar-refractivity contribution in [2.75, 3.05) is 15.8 Å². The molecule has 1 saturated carbocycles. The molecule has 1 fully saturated rings. The molecule has 0 saturated heterocycles. The molecule has 2 N–H and O–H groups in total. The number of rotatable bonds is 6. The molecular formula is C19H21FN2O3S. The molecule has 0 aromatic heterocycles. The molecule has 1 amide bonds. The SMILES string of the molecule is CCS(=O)(=O)Nc1ccc(NC(=O)C2CC2c2ccccc2F)cc1C. The third kappa shape index (κ3) is 4.04. The highest BCUT2D eigenvalue weighted by Gasteiger charge is 2.45. The number of amides is 1. The lowest BCUT2D eigenvalue weighted by Gasteiger charge is -2.12. The van der Waals surface area contributed by atoms with E-state index in [0.717, 1.165) is 0 Å². The molecule has 0 radical (unpaired) electrons. The predicted octanol–water partition coefficient (Wildman–Crippen LogP) is 3.64. The van der Waals surface area contributed by atoms with Gasteiger partial charge in [0.1, 0.15) is 5.82 Å². The van der Waals surface area contributed by atoms with Gasteiger partial charge in [-0.15, -0.1) is 0 Å². The monoisotopic (exact) mass is 376 g/mol. The minimum atomic E-state index is -3.35. The number of hydrogen-bond acceptors (Lipinski definition) is 3. The Hall–Kier alpha value is -2.41. The van der Waals surface area contributed by atoms with Crippen LogP contribution in [0, 0.1) is 18.7 Å². The maximum atomic E-state index is 13.8. The Kier molecular flexibility index (Phi) is 5.00. The summed E-state index contributed by atoms with van der Waals surface area (Å²) in [7, 11) is -3.35. The minimum absolute atomic E-state index is 0.00988. The van der Waals surface area contributed by atoms with Crippen molar-refractivity contribution in [3.05, 3.63) is 59.4 Å². The van der Waals surface area contributed by atoms with E-state index in [2.05, 4.69) is 10.0 Å². The van der Waals surface area contributed by atoms with Crippen molar-refractivity contribution < 1.29 is 17.6 Å². The average molecular weight is 376 g/mol. The van der Waals surface area contributed by atoms with Gasteiger partial charge in [0.25, 0.3) is 0 Å².